The molecule has 0 aromatic heterocycles. The Bertz CT molecular complexity index is 757. The second-order valence-corrected chi connectivity index (χ2v) is 6.64. The Hall–Kier alpha value is -2.56. The molecule has 2 aromatic rings. The Morgan fingerprint density at radius 3 is 2.73 bits per heavy atom. The lowest BCUT2D eigenvalue weighted by Gasteiger charge is -2.22. The number of carbonyl (C=O) groups is 1. The molecule has 1 saturated heterocycles. The lowest BCUT2D eigenvalue weighted by Crippen LogP contribution is -2.22. The topological polar surface area (TPSA) is 41.6 Å². The largest absolute Gasteiger partial charge is 0.494 e. The average molecular weight is 356 g/mol. The minimum atomic E-state index is -0.390. The highest BCUT2D eigenvalue weighted by molar-refractivity contribution is 5.94. The van der Waals surface area contributed by atoms with Crippen molar-refractivity contribution in [2.24, 2.45) is 0 Å². The maximum atomic E-state index is 14.2. The number of carbonyl (C=O) groups excluding carboxylic acids is 1. The Kier molecular flexibility index (Phi) is 6.10. The van der Waals surface area contributed by atoms with Crippen molar-refractivity contribution >= 4 is 17.3 Å². The van der Waals surface area contributed by atoms with Crippen molar-refractivity contribution in [3.63, 3.8) is 0 Å². The van der Waals surface area contributed by atoms with Crippen LogP contribution in [0.15, 0.2) is 42.5 Å². The van der Waals surface area contributed by atoms with Crippen molar-refractivity contribution in [1.29, 1.82) is 0 Å². The van der Waals surface area contributed by atoms with E-state index in [1.165, 1.54) is 6.07 Å². The van der Waals surface area contributed by atoms with Crippen molar-refractivity contribution in [2.45, 2.75) is 32.6 Å². The standard InChI is InChI=1S/C21H25FN2O2/c1-16-7-4-8-17(15-16)26-14-6-11-20(25)23-21-18(22)9-5-10-19(21)24-12-2-3-13-24/h4-5,7-10,15H,2-3,6,11-14H2,1H3,(H,23,25). The van der Waals surface area contributed by atoms with Crippen LogP contribution >= 0.6 is 0 Å². The van der Waals surface area contributed by atoms with Crippen LogP contribution < -0.4 is 15.0 Å². The summed E-state index contributed by atoms with van der Waals surface area (Å²) in [6.45, 7) is 4.26. The van der Waals surface area contributed by atoms with Crippen molar-refractivity contribution in [1.82, 2.24) is 0 Å². The van der Waals surface area contributed by atoms with Crippen LogP contribution in [0.2, 0.25) is 0 Å². The van der Waals surface area contributed by atoms with Gasteiger partial charge in [0.2, 0.25) is 5.91 Å². The molecular formula is C21H25FN2O2. The Morgan fingerprint density at radius 1 is 1.19 bits per heavy atom. The summed E-state index contributed by atoms with van der Waals surface area (Å²) in [7, 11) is 0. The third kappa shape index (κ3) is 4.75. The van der Waals surface area contributed by atoms with E-state index < -0.39 is 5.82 Å². The number of hydrogen-bond acceptors (Lipinski definition) is 3. The fourth-order valence-corrected chi connectivity index (χ4v) is 3.19. The van der Waals surface area contributed by atoms with Gasteiger partial charge in [0, 0.05) is 19.5 Å². The molecule has 0 saturated carbocycles. The summed E-state index contributed by atoms with van der Waals surface area (Å²) in [5.41, 5.74) is 2.19. The molecule has 1 fully saturated rings. The van der Waals surface area contributed by atoms with Crippen LogP contribution in [0.4, 0.5) is 15.8 Å². The molecule has 0 bridgehead atoms. The number of hydrogen-bond donors (Lipinski definition) is 1. The molecule has 0 atom stereocenters. The SMILES string of the molecule is Cc1cccc(OCCCC(=O)Nc2c(F)cccc2N2CCCC2)c1. The molecule has 1 amide bonds. The van der Waals surface area contributed by atoms with Crippen molar-refractivity contribution in [3.05, 3.63) is 53.8 Å². The van der Waals surface area contributed by atoms with Gasteiger partial charge in [-0.3, -0.25) is 4.79 Å². The second kappa shape index (κ2) is 8.70. The number of rotatable bonds is 7. The third-order valence-corrected chi connectivity index (χ3v) is 4.51. The number of halogens is 1. The number of aryl methyl sites for hydroxylation is 1. The van der Waals surface area contributed by atoms with E-state index >= 15 is 0 Å². The molecule has 3 rings (SSSR count). The van der Waals surface area contributed by atoms with Crippen LogP contribution in [-0.2, 0) is 4.79 Å². The molecule has 4 nitrogen and oxygen atoms in total. The first-order valence-corrected chi connectivity index (χ1v) is 9.16. The van der Waals surface area contributed by atoms with Crippen LogP contribution in [0.5, 0.6) is 5.75 Å². The average Bonchev–Trinajstić information content (AvgIpc) is 3.15. The van der Waals surface area contributed by atoms with E-state index in [1.807, 2.05) is 37.3 Å². The lowest BCUT2D eigenvalue weighted by atomic mass is 10.2. The molecule has 1 aliphatic heterocycles. The molecule has 1 N–H and O–H groups in total. The Labute approximate surface area is 154 Å². The first kappa shape index (κ1) is 18.2. The third-order valence-electron chi connectivity index (χ3n) is 4.51. The van der Waals surface area contributed by atoms with Gasteiger partial charge in [0.25, 0.3) is 0 Å². The van der Waals surface area contributed by atoms with Gasteiger partial charge in [-0.15, -0.1) is 0 Å². The van der Waals surface area contributed by atoms with E-state index in [1.54, 1.807) is 6.07 Å². The molecule has 5 heteroatoms. The molecule has 0 aliphatic carbocycles. The number of anilines is 2. The summed E-state index contributed by atoms with van der Waals surface area (Å²) in [4.78, 5) is 14.4. The van der Waals surface area contributed by atoms with Gasteiger partial charge in [0.1, 0.15) is 17.3 Å². The smallest absolute Gasteiger partial charge is 0.224 e. The summed E-state index contributed by atoms with van der Waals surface area (Å²) >= 11 is 0. The summed E-state index contributed by atoms with van der Waals surface area (Å²) in [5, 5.41) is 2.75. The van der Waals surface area contributed by atoms with E-state index in [2.05, 4.69) is 10.2 Å². The van der Waals surface area contributed by atoms with E-state index in [9.17, 15) is 9.18 Å². The van der Waals surface area contributed by atoms with Gasteiger partial charge in [0.15, 0.2) is 0 Å². The van der Waals surface area contributed by atoms with Crippen molar-refractivity contribution in [2.75, 3.05) is 29.9 Å². The van der Waals surface area contributed by atoms with Gasteiger partial charge in [-0.2, -0.15) is 0 Å². The van der Waals surface area contributed by atoms with Gasteiger partial charge in [-0.1, -0.05) is 18.2 Å². The number of nitrogens with one attached hydrogen (secondary N) is 1. The number of ether oxygens (including phenoxy) is 1. The van der Waals surface area contributed by atoms with Gasteiger partial charge in [-0.05, 0) is 56.0 Å². The number of para-hydroxylation sites is 1. The van der Waals surface area contributed by atoms with Crippen LogP contribution in [0.3, 0.4) is 0 Å². The quantitative estimate of drug-likeness (QED) is 0.741. The zero-order valence-corrected chi connectivity index (χ0v) is 15.1. The molecular weight excluding hydrogens is 331 g/mol. The molecule has 0 unspecified atom stereocenters. The van der Waals surface area contributed by atoms with Crippen LogP contribution in [-0.4, -0.2) is 25.6 Å². The predicted molar refractivity (Wildman–Crippen MR) is 102 cm³/mol. The monoisotopic (exact) mass is 356 g/mol. The fourth-order valence-electron chi connectivity index (χ4n) is 3.19. The highest BCUT2D eigenvalue weighted by Gasteiger charge is 2.19. The van der Waals surface area contributed by atoms with E-state index in [-0.39, 0.29) is 5.91 Å². The van der Waals surface area contributed by atoms with Gasteiger partial charge in [-0.25, -0.2) is 4.39 Å². The van der Waals surface area contributed by atoms with Crippen LogP contribution in [0.25, 0.3) is 0 Å². The van der Waals surface area contributed by atoms with Gasteiger partial charge >= 0.3 is 0 Å². The van der Waals surface area contributed by atoms with Gasteiger partial charge in [0.05, 0.1) is 12.3 Å². The minimum absolute atomic E-state index is 0.191. The molecule has 1 heterocycles. The maximum absolute atomic E-state index is 14.2. The molecule has 0 radical (unpaired) electrons. The van der Waals surface area contributed by atoms with Crippen LogP contribution in [0.1, 0.15) is 31.2 Å². The van der Waals surface area contributed by atoms with E-state index in [0.29, 0.717) is 25.1 Å². The first-order chi connectivity index (χ1) is 12.6. The minimum Gasteiger partial charge on any atom is -0.494 e. The van der Waals surface area contributed by atoms with Crippen LogP contribution in [0, 0.1) is 12.7 Å². The molecule has 26 heavy (non-hydrogen) atoms. The lowest BCUT2D eigenvalue weighted by molar-refractivity contribution is -0.116. The normalized spacial score (nSPS) is 13.7. The zero-order chi connectivity index (χ0) is 18.4. The fraction of sp³-hybridized carbons (Fsp3) is 0.381. The number of benzene rings is 2. The summed E-state index contributed by atoms with van der Waals surface area (Å²) in [5.74, 6) is 0.220. The van der Waals surface area contributed by atoms with Crippen molar-refractivity contribution < 1.29 is 13.9 Å². The Balaban J connectivity index is 1.52. The predicted octanol–water partition coefficient (Wildman–Crippen LogP) is 4.53. The summed E-state index contributed by atoms with van der Waals surface area (Å²) in [6, 6.07) is 12.7. The first-order valence-electron chi connectivity index (χ1n) is 9.16. The summed E-state index contributed by atoms with van der Waals surface area (Å²) in [6.07, 6.45) is 3.06. The number of amides is 1. The summed E-state index contributed by atoms with van der Waals surface area (Å²) < 4.78 is 19.9. The van der Waals surface area contributed by atoms with E-state index in [0.717, 1.165) is 42.9 Å². The van der Waals surface area contributed by atoms with E-state index in [4.69, 9.17) is 4.74 Å². The molecule has 0 spiro atoms. The van der Waals surface area contributed by atoms with Crippen molar-refractivity contribution in [3.8, 4) is 5.75 Å². The zero-order valence-electron chi connectivity index (χ0n) is 15.1. The highest BCUT2D eigenvalue weighted by Crippen LogP contribution is 2.31. The molecule has 2 aromatic carbocycles. The van der Waals surface area contributed by atoms with Gasteiger partial charge < -0.3 is 15.0 Å². The molecule has 138 valence electrons. The highest BCUT2D eigenvalue weighted by atomic mass is 19.1. The number of nitrogens with zero attached hydrogens (tertiary/aromatic N) is 1. The molecule has 1 aliphatic rings. The second-order valence-electron chi connectivity index (χ2n) is 6.64. The Morgan fingerprint density at radius 2 is 1.96 bits per heavy atom. The maximum Gasteiger partial charge on any atom is 0.224 e.